The number of azo groups is 1. The van der Waals surface area contributed by atoms with Crippen LogP contribution in [0.1, 0.15) is 13.8 Å². The molecule has 0 bridgehead atoms. The Kier molecular flexibility index (Phi) is 5.99. The van der Waals surface area contributed by atoms with Gasteiger partial charge in [-0.15, -0.1) is 5.11 Å². The van der Waals surface area contributed by atoms with Crippen LogP contribution in [0.15, 0.2) is 63.7 Å². The normalized spacial score (nSPS) is 11.6. The number of phenolic OH excluding ortho intramolecular Hbond substituents is 1. The molecule has 0 aliphatic heterocycles. The number of anilines is 2. The van der Waals surface area contributed by atoms with Gasteiger partial charge in [0.1, 0.15) is 5.69 Å². The summed E-state index contributed by atoms with van der Waals surface area (Å²) in [6, 6.07) is 11.6. The van der Waals surface area contributed by atoms with E-state index in [1.165, 1.54) is 26.0 Å². The minimum Gasteiger partial charge on any atom is -0.505 e. The molecule has 0 aromatic heterocycles. The number of nitrogens with one attached hydrogen (secondary N) is 2. The second-order valence-electron chi connectivity index (χ2n) is 6.59. The maximum absolute atomic E-state index is 11.5. The fourth-order valence-corrected chi connectivity index (χ4v) is 3.40. The van der Waals surface area contributed by atoms with E-state index >= 15 is 0 Å². The predicted octanol–water partition coefficient (Wildman–Crippen LogP) is 4.12. The quantitative estimate of drug-likeness (QED) is 0.344. The Morgan fingerprint density at radius 3 is 2.13 bits per heavy atom. The zero-order chi connectivity index (χ0) is 22.8. The van der Waals surface area contributed by atoms with Crippen LogP contribution in [0.25, 0.3) is 10.8 Å². The zero-order valence-electron chi connectivity index (χ0n) is 16.4. The maximum Gasteiger partial charge on any atom is 0.294 e. The van der Waals surface area contributed by atoms with Crippen LogP contribution in [0.3, 0.4) is 0 Å². The molecule has 0 saturated heterocycles. The number of nitrogens with zero attached hydrogens (tertiary/aromatic N) is 2. The lowest BCUT2D eigenvalue weighted by Gasteiger charge is -2.12. The second kappa shape index (κ2) is 8.50. The number of aromatic hydroxyl groups is 1. The number of carbonyl (C=O) groups is 2. The SMILES string of the molecule is CC(=O)Nc1ccc(N=Nc2ccc3cc(S(=O)(=O)O)cc(NC(C)=O)c3c2O)cc1. The van der Waals surface area contributed by atoms with Crippen LogP contribution in [-0.4, -0.2) is 29.9 Å². The number of amides is 2. The van der Waals surface area contributed by atoms with E-state index in [1.807, 2.05) is 0 Å². The topological polar surface area (TPSA) is 158 Å². The van der Waals surface area contributed by atoms with Gasteiger partial charge in [0, 0.05) is 24.9 Å². The van der Waals surface area contributed by atoms with Crippen molar-refractivity contribution in [1.29, 1.82) is 0 Å². The summed E-state index contributed by atoms with van der Waals surface area (Å²) in [5, 5.41) is 24.2. The molecule has 3 rings (SSSR count). The largest absolute Gasteiger partial charge is 0.505 e. The summed E-state index contributed by atoms with van der Waals surface area (Å²) in [4.78, 5) is 22.2. The zero-order valence-corrected chi connectivity index (χ0v) is 17.3. The molecule has 160 valence electrons. The number of phenols is 1. The Morgan fingerprint density at radius 2 is 1.55 bits per heavy atom. The number of benzene rings is 3. The molecule has 0 spiro atoms. The van der Waals surface area contributed by atoms with Gasteiger partial charge >= 0.3 is 0 Å². The third-order valence-corrected chi connectivity index (χ3v) is 4.94. The van der Waals surface area contributed by atoms with E-state index in [9.17, 15) is 27.7 Å². The highest BCUT2D eigenvalue weighted by Crippen LogP contribution is 2.41. The van der Waals surface area contributed by atoms with Crippen LogP contribution in [0, 0.1) is 0 Å². The third kappa shape index (κ3) is 5.21. The number of carbonyl (C=O) groups excluding carboxylic acids is 2. The molecule has 0 atom stereocenters. The summed E-state index contributed by atoms with van der Waals surface area (Å²) in [6.07, 6.45) is 0. The van der Waals surface area contributed by atoms with Crippen molar-refractivity contribution in [1.82, 2.24) is 0 Å². The third-order valence-electron chi connectivity index (χ3n) is 4.11. The van der Waals surface area contributed by atoms with Crippen LogP contribution >= 0.6 is 0 Å². The fourth-order valence-electron chi connectivity index (χ4n) is 2.85. The van der Waals surface area contributed by atoms with Gasteiger partial charge in [-0.2, -0.15) is 13.5 Å². The Labute approximate surface area is 177 Å². The number of hydrogen-bond donors (Lipinski definition) is 4. The van der Waals surface area contributed by atoms with Crippen molar-refractivity contribution < 1.29 is 27.7 Å². The molecule has 11 heteroatoms. The van der Waals surface area contributed by atoms with Crippen molar-refractivity contribution in [2.24, 2.45) is 10.2 Å². The van der Waals surface area contributed by atoms with Gasteiger partial charge in [-0.1, -0.05) is 6.07 Å². The van der Waals surface area contributed by atoms with Gasteiger partial charge < -0.3 is 15.7 Å². The smallest absolute Gasteiger partial charge is 0.294 e. The van der Waals surface area contributed by atoms with Crippen molar-refractivity contribution >= 4 is 55.5 Å². The Bertz CT molecular complexity index is 1320. The van der Waals surface area contributed by atoms with Crippen LogP contribution in [0.2, 0.25) is 0 Å². The minimum absolute atomic E-state index is 0.00756. The van der Waals surface area contributed by atoms with E-state index in [4.69, 9.17) is 0 Å². The molecule has 3 aromatic carbocycles. The molecule has 2 amide bonds. The summed E-state index contributed by atoms with van der Waals surface area (Å²) >= 11 is 0. The van der Waals surface area contributed by atoms with Gasteiger partial charge in [-0.3, -0.25) is 14.1 Å². The lowest BCUT2D eigenvalue weighted by Crippen LogP contribution is -2.08. The fraction of sp³-hybridized carbons (Fsp3) is 0.100. The highest BCUT2D eigenvalue weighted by Gasteiger charge is 2.18. The summed E-state index contributed by atoms with van der Waals surface area (Å²) in [7, 11) is -4.53. The van der Waals surface area contributed by atoms with E-state index < -0.39 is 20.9 Å². The summed E-state index contributed by atoms with van der Waals surface area (Å²) in [5.41, 5.74) is 1.11. The molecule has 3 aromatic rings. The molecular formula is C20H18N4O6S. The molecule has 0 radical (unpaired) electrons. The van der Waals surface area contributed by atoms with Crippen molar-refractivity contribution in [3.05, 3.63) is 48.5 Å². The van der Waals surface area contributed by atoms with Crippen molar-refractivity contribution in [2.75, 3.05) is 10.6 Å². The number of hydrogen-bond acceptors (Lipinski definition) is 7. The first kappa shape index (κ1) is 21.9. The number of fused-ring (bicyclic) bond motifs is 1. The molecule has 0 fully saturated rings. The first-order valence-electron chi connectivity index (χ1n) is 8.89. The van der Waals surface area contributed by atoms with Crippen molar-refractivity contribution in [2.45, 2.75) is 18.7 Å². The molecule has 0 saturated carbocycles. The van der Waals surface area contributed by atoms with Gasteiger partial charge in [-0.05, 0) is 47.9 Å². The first-order valence-corrected chi connectivity index (χ1v) is 10.3. The summed E-state index contributed by atoms with van der Waals surface area (Å²) in [6.45, 7) is 2.61. The van der Waals surface area contributed by atoms with E-state index in [0.717, 1.165) is 12.1 Å². The van der Waals surface area contributed by atoms with Gasteiger partial charge in [0.2, 0.25) is 11.8 Å². The van der Waals surface area contributed by atoms with Crippen LogP contribution in [-0.2, 0) is 19.7 Å². The van der Waals surface area contributed by atoms with Gasteiger partial charge in [-0.25, -0.2) is 0 Å². The molecule has 0 aliphatic carbocycles. The average molecular weight is 442 g/mol. The van der Waals surface area contributed by atoms with E-state index in [0.29, 0.717) is 11.4 Å². The molecule has 10 nitrogen and oxygen atoms in total. The van der Waals surface area contributed by atoms with Crippen LogP contribution < -0.4 is 10.6 Å². The Hall–Kier alpha value is -3.83. The standard InChI is InChI=1S/C20H18N4O6S/c1-11(25)21-14-4-6-15(7-5-14)23-24-17-8-3-13-9-16(31(28,29)30)10-18(22-12(2)26)19(13)20(17)27/h3-10,27H,1-2H3,(H,21,25)(H,22,26)(H,28,29,30). The highest BCUT2D eigenvalue weighted by atomic mass is 32.2. The van der Waals surface area contributed by atoms with Crippen LogP contribution in [0.4, 0.5) is 22.7 Å². The first-order chi connectivity index (χ1) is 14.5. The summed E-state index contributed by atoms with van der Waals surface area (Å²) < 4.78 is 32.4. The highest BCUT2D eigenvalue weighted by molar-refractivity contribution is 7.85. The minimum atomic E-state index is -4.53. The van der Waals surface area contributed by atoms with Crippen LogP contribution in [0.5, 0.6) is 5.75 Å². The Morgan fingerprint density at radius 1 is 0.903 bits per heavy atom. The predicted molar refractivity (Wildman–Crippen MR) is 115 cm³/mol. The lowest BCUT2D eigenvalue weighted by molar-refractivity contribution is -0.115. The van der Waals surface area contributed by atoms with E-state index in [2.05, 4.69) is 20.9 Å². The summed E-state index contributed by atoms with van der Waals surface area (Å²) in [5.74, 6) is -1.04. The maximum atomic E-state index is 11.5. The van der Waals surface area contributed by atoms with Gasteiger partial charge in [0.25, 0.3) is 10.1 Å². The second-order valence-corrected chi connectivity index (χ2v) is 8.01. The molecule has 31 heavy (non-hydrogen) atoms. The Balaban J connectivity index is 2.04. The lowest BCUT2D eigenvalue weighted by atomic mass is 10.1. The number of rotatable bonds is 5. The molecular weight excluding hydrogens is 424 g/mol. The van der Waals surface area contributed by atoms with Gasteiger partial charge in [0.15, 0.2) is 5.75 Å². The average Bonchev–Trinajstić information content (AvgIpc) is 2.66. The van der Waals surface area contributed by atoms with Crippen molar-refractivity contribution in [3.8, 4) is 5.75 Å². The van der Waals surface area contributed by atoms with E-state index in [1.54, 1.807) is 24.3 Å². The van der Waals surface area contributed by atoms with Gasteiger partial charge in [0.05, 0.1) is 16.3 Å². The molecule has 0 heterocycles. The van der Waals surface area contributed by atoms with Crippen molar-refractivity contribution in [3.63, 3.8) is 0 Å². The molecule has 4 N–H and O–H groups in total. The molecule has 0 aliphatic rings. The molecule has 0 unspecified atom stereocenters. The monoisotopic (exact) mass is 442 g/mol. The van der Waals surface area contributed by atoms with E-state index in [-0.39, 0.29) is 33.8 Å².